The number of carboxylic acid groups (broad SMARTS) is 1. The predicted octanol–water partition coefficient (Wildman–Crippen LogP) is 1.36. The van der Waals surface area contributed by atoms with Crippen molar-refractivity contribution >= 4 is 12.0 Å². The second kappa shape index (κ2) is 6.64. The zero-order valence-corrected chi connectivity index (χ0v) is 13.2. The fourth-order valence-corrected chi connectivity index (χ4v) is 3.40. The Morgan fingerprint density at radius 1 is 1.29 bits per heavy atom. The van der Waals surface area contributed by atoms with Crippen LogP contribution in [0.15, 0.2) is 0 Å². The molecule has 0 aromatic rings. The summed E-state index contributed by atoms with van der Waals surface area (Å²) in [6.07, 6.45) is 4.03. The van der Waals surface area contributed by atoms with Crippen LogP contribution in [0.2, 0.25) is 0 Å². The Bertz CT molecular complexity index is 402. The van der Waals surface area contributed by atoms with Crippen molar-refractivity contribution in [2.75, 3.05) is 20.1 Å². The molecule has 2 heterocycles. The van der Waals surface area contributed by atoms with Crippen molar-refractivity contribution in [3.05, 3.63) is 0 Å². The largest absolute Gasteiger partial charge is 0.480 e. The standard InChI is InChI=1S/C15H27N3O3/c1-4-10(2)13(14(19)20)16-15(21)18-8-7-11-5-6-12(9-18)17(11)3/h10-13H,4-9H2,1-3H3,(H,16,21)(H,19,20). The van der Waals surface area contributed by atoms with E-state index in [1.54, 1.807) is 4.90 Å². The number of carbonyl (C=O) groups excluding carboxylic acids is 1. The number of fused-ring (bicyclic) bond motifs is 2. The van der Waals surface area contributed by atoms with Crippen LogP contribution in [-0.2, 0) is 4.79 Å². The van der Waals surface area contributed by atoms with E-state index in [-0.39, 0.29) is 11.9 Å². The van der Waals surface area contributed by atoms with Gasteiger partial charge in [-0.3, -0.25) is 4.90 Å². The lowest BCUT2D eigenvalue weighted by Crippen LogP contribution is -2.52. The lowest BCUT2D eigenvalue weighted by molar-refractivity contribution is -0.140. The third kappa shape index (κ3) is 3.48. The molecular formula is C15H27N3O3. The predicted molar refractivity (Wildman–Crippen MR) is 80.2 cm³/mol. The van der Waals surface area contributed by atoms with Crippen LogP contribution >= 0.6 is 0 Å². The van der Waals surface area contributed by atoms with Gasteiger partial charge in [0, 0.05) is 25.2 Å². The summed E-state index contributed by atoms with van der Waals surface area (Å²) in [5.74, 6) is -1.02. The first-order valence-electron chi connectivity index (χ1n) is 7.94. The first kappa shape index (κ1) is 16.1. The van der Waals surface area contributed by atoms with E-state index in [2.05, 4.69) is 17.3 Å². The number of urea groups is 1. The summed E-state index contributed by atoms with van der Waals surface area (Å²) in [5, 5.41) is 12.0. The number of hydrogen-bond donors (Lipinski definition) is 2. The summed E-state index contributed by atoms with van der Waals surface area (Å²) in [4.78, 5) is 27.9. The van der Waals surface area contributed by atoms with E-state index in [4.69, 9.17) is 0 Å². The molecule has 0 saturated carbocycles. The van der Waals surface area contributed by atoms with Gasteiger partial charge in [-0.05, 0) is 32.2 Å². The average Bonchev–Trinajstić information content (AvgIpc) is 2.68. The maximum absolute atomic E-state index is 12.4. The maximum Gasteiger partial charge on any atom is 0.326 e. The first-order chi connectivity index (χ1) is 9.93. The fraction of sp³-hybridized carbons (Fsp3) is 0.867. The minimum atomic E-state index is -0.953. The molecular weight excluding hydrogens is 270 g/mol. The Labute approximate surface area is 126 Å². The maximum atomic E-state index is 12.4. The lowest BCUT2D eigenvalue weighted by Gasteiger charge is -2.28. The molecule has 2 amide bonds. The van der Waals surface area contributed by atoms with Gasteiger partial charge in [0.15, 0.2) is 0 Å². The number of likely N-dealkylation sites (tertiary alicyclic amines) is 1. The summed E-state index contributed by atoms with van der Waals surface area (Å²) in [6.45, 7) is 5.21. The van der Waals surface area contributed by atoms with Crippen LogP contribution in [0.5, 0.6) is 0 Å². The topological polar surface area (TPSA) is 72.9 Å². The van der Waals surface area contributed by atoms with Crippen molar-refractivity contribution in [2.45, 2.75) is 57.7 Å². The zero-order valence-electron chi connectivity index (χ0n) is 13.2. The van der Waals surface area contributed by atoms with Gasteiger partial charge in [0.25, 0.3) is 0 Å². The molecule has 6 nitrogen and oxygen atoms in total. The molecule has 2 rings (SSSR count). The van der Waals surface area contributed by atoms with Crippen LogP contribution < -0.4 is 5.32 Å². The molecule has 2 fully saturated rings. The third-order valence-corrected chi connectivity index (χ3v) is 5.19. The average molecular weight is 297 g/mol. The number of nitrogens with zero attached hydrogens (tertiary/aromatic N) is 2. The van der Waals surface area contributed by atoms with E-state index in [1.807, 2.05) is 13.8 Å². The number of rotatable bonds is 4. The Hall–Kier alpha value is -1.30. The van der Waals surface area contributed by atoms with E-state index in [0.29, 0.717) is 25.2 Å². The second-order valence-corrected chi connectivity index (χ2v) is 6.44. The second-order valence-electron chi connectivity index (χ2n) is 6.44. The normalized spacial score (nSPS) is 28.8. The van der Waals surface area contributed by atoms with Crippen molar-refractivity contribution in [1.82, 2.24) is 15.1 Å². The molecule has 0 aromatic carbocycles. The SMILES string of the molecule is CCC(C)C(NC(=O)N1CCC2CCC(C1)N2C)C(=O)O. The molecule has 2 aliphatic rings. The fourth-order valence-electron chi connectivity index (χ4n) is 3.40. The van der Waals surface area contributed by atoms with Gasteiger partial charge in [0.1, 0.15) is 6.04 Å². The molecule has 0 spiro atoms. The van der Waals surface area contributed by atoms with Gasteiger partial charge in [-0.25, -0.2) is 9.59 Å². The summed E-state index contributed by atoms with van der Waals surface area (Å²) >= 11 is 0. The van der Waals surface area contributed by atoms with Crippen LogP contribution in [0.25, 0.3) is 0 Å². The van der Waals surface area contributed by atoms with E-state index in [0.717, 1.165) is 19.3 Å². The number of carbonyl (C=O) groups is 2. The van der Waals surface area contributed by atoms with Crippen molar-refractivity contribution in [1.29, 1.82) is 0 Å². The third-order valence-electron chi connectivity index (χ3n) is 5.19. The molecule has 4 atom stereocenters. The van der Waals surface area contributed by atoms with E-state index in [1.165, 1.54) is 6.42 Å². The molecule has 2 saturated heterocycles. The van der Waals surface area contributed by atoms with Crippen molar-refractivity contribution in [3.63, 3.8) is 0 Å². The summed E-state index contributed by atoms with van der Waals surface area (Å²) in [6, 6.07) is -0.0583. The zero-order chi connectivity index (χ0) is 15.6. The molecule has 120 valence electrons. The van der Waals surface area contributed by atoms with Gasteiger partial charge >= 0.3 is 12.0 Å². The molecule has 0 radical (unpaired) electrons. The monoisotopic (exact) mass is 297 g/mol. The molecule has 0 aliphatic carbocycles. The van der Waals surface area contributed by atoms with Crippen LogP contribution in [0.4, 0.5) is 4.79 Å². The minimum Gasteiger partial charge on any atom is -0.480 e. The smallest absolute Gasteiger partial charge is 0.326 e. The van der Waals surface area contributed by atoms with Gasteiger partial charge < -0.3 is 15.3 Å². The molecule has 6 heteroatoms. The summed E-state index contributed by atoms with van der Waals surface area (Å²) in [5.41, 5.74) is 0. The quantitative estimate of drug-likeness (QED) is 0.822. The highest BCUT2D eigenvalue weighted by Gasteiger charge is 2.37. The van der Waals surface area contributed by atoms with Gasteiger partial charge in [0.2, 0.25) is 0 Å². The highest BCUT2D eigenvalue weighted by atomic mass is 16.4. The number of amides is 2. The van der Waals surface area contributed by atoms with Crippen molar-refractivity contribution in [2.24, 2.45) is 5.92 Å². The van der Waals surface area contributed by atoms with Gasteiger partial charge in [0.05, 0.1) is 0 Å². The van der Waals surface area contributed by atoms with Crippen LogP contribution in [0.1, 0.15) is 39.5 Å². The summed E-state index contributed by atoms with van der Waals surface area (Å²) in [7, 11) is 2.13. The lowest BCUT2D eigenvalue weighted by atomic mass is 9.99. The van der Waals surface area contributed by atoms with E-state index in [9.17, 15) is 14.7 Å². The number of aliphatic carboxylic acids is 1. The number of nitrogens with one attached hydrogen (secondary N) is 1. The Morgan fingerprint density at radius 2 is 1.95 bits per heavy atom. The van der Waals surface area contributed by atoms with Crippen LogP contribution in [0.3, 0.4) is 0 Å². The molecule has 2 N–H and O–H groups in total. The van der Waals surface area contributed by atoms with Crippen LogP contribution in [0, 0.1) is 5.92 Å². The van der Waals surface area contributed by atoms with E-state index < -0.39 is 12.0 Å². The highest BCUT2D eigenvalue weighted by Crippen LogP contribution is 2.28. The van der Waals surface area contributed by atoms with Gasteiger partial charge in [-0.1, -0.05) is 20.3 Å². The molecule has 4 unspecified atom stereocenters. The number of likely N-dealkylation sites (N-methyl/N-ethyl adjacent to an activating group) is 1. The number of hydrogen-bond acceptors (Lipinski definition) is 3. The Morgan fingerprint density at radius 3 is 2.57 bits per heavy atom. The van der Waals surface area contributed by atoms with Crippen molar-refractivity contribution in [3.8, 4) is 0 Å². The summed E-state index contributed by atoms with van der Waals surface area (Å²) < 4.78 is 0. The Kier molecular flexibility index (Phi) is 5.08. The number of carboxylic acids is 1. The van der Waals surface area contributed by atoms with Gasteiger partial charge in [-0.15, -0.1) is 0 Å². The molecule has 21 heavy (non-hydrogen) atoms. The van der Waals surface area contributed by atoms with Crippen LogP contribution in [-0.4, -0.2) is 65.2 Å². The first-order valence-corrected chi connectivity index (χ1v) is 7.94. The molecule has 2 aliphatic heterocycles. The Balaban J connectivity index is 1.98. The minimum absolute atomic E-state index is 0.0717. The van der Waals surface area contributed by atoms with Crippen molar-refractivity contribution < 1.29 is 14.7 Å². The highest BCUT2D eigenvalue weighted by molar-refractivity contribution is 5.82. The molecule has 0 aromatic heterocycles. The molecule has 2 bridgehead atoms. The van der Waals surface area contributed by atoms with E-state index >= 15 is 0 Å². The van der Waals surface area contributed by atoms with Gasteiger partial charge in [-0.2, -0.15) is 0 Å².